The van der Waals surface area contributed by atoms with Gasteiger partial charge in [0.15, 0.2) is 6.10 Å². The van der Waals surface area contributed by atoms with E-state index in [1.54, 1.807) is 0 Å². The first kappa shape index (κ1) is 57.9. The summed E-state index contributed by atoms with van der Waals surface area (Å²) in [5.41, 5.74) is 0. The van der Waals surface area contributed by atoms with Crippen molar-refractivity contribution >= 4 is 17.9 Å². The molecule has 0 heterocycles. The molecule has 0 radical (unpaired) electrons. The predicted molar refractivity (Wildman–Crippen MR) is 261 cm³/mol. The molecule has 61 heavy (non-hydrogen) atoms. The molecule has 0 aromatic heterocycles. The third kappa shape index (κ3) is 47.7. The lowest BCUT2D eigenvalue weighted by Gasteiger charge is -2.18. The van der Waals surface area contributed by atoms with E-state index in [1.165, 1.54) is 109 Å². The van der Waals surface area contributed by atoms with Crippen LogP contribution in [-0.4, -0.2) is 37.2 Å². The van der Waals surface area contributed by atoms with Gasteiger partial charge in [0.05, 0.1) is 0 Å². The second-order valence-electron chi connectivity index (χ2n) is 16.7. The molecule has 0 aliphatic heterocycles. The molecule has 0 spiro atoms. The summed E-state index contributed by atoms with van der Waals surface area (Å²) >= 11 is 0. The van der Waals surface area contributed by atoms with Crippen LogP contribution in [0.2, 0.25) is 0 Å². The Hall–Kier alpha value is -3.15. The molecule has 0 aliphatic rings. The standard InChI is InChI=1S/C55H94O6/c1-4-7-10-13-16-19-22-25-26-27-28-31-33-36-39-42-45-48-54(57)60-51-52(61-55(58)49-46-43-40-37-34-30-24-21-18-15-12-9-6-3)50-59-53(56)47-44-41-38-35-32-29-23-20-17-14-11-8-5-2/h16,19-21,23-26,28,31,36,39,52H,4-15,17-18,22,27,29-30,32-35,37-38,40-51H2,1-3H3/b19-16-,23-20-,24-21-,26-25-,31-28-,39-36-/t52-/m1/s1. The Morgan fingerprint density at radius 1 is 0.328 bits per heavy atom. The zero-order valence-electron chi connectivity index (χ0n) is 39.9. The first-order chi connectivity index (χ1) is 30.0. The minimum atomic E-state index is -0.803. The molecule has 0 aromatic carbocycles. The molecular weight excluding hydrogens is 757 g/mol. The molecular formula is C55H94O6. The van der Waals surface area contributed by atoms with Gasteiger partial charge < -0.3 is 14.2 Å². The van der Waals surface area contributed by atoms with Crippen LogP contribution in [0.1, 0.15) is 239 Å². The summed E-state index contributed by atoms with van der Waals surface area (Å²) in [5, 5.41) is 0. The Balaban J connectivity index is 4.49. The van der Waals surface area contributed by atoms with Gasteiger partial charge in [-0.3, -0.25) is 14.4 Å². The van der Waals surface area contributed by atoms with E-state index in [4.69, 9.17) is 14.2 Å². The van der Waals surface area contributed by atoms with Crippen molar-refractivity contribution in [2.45, 2.75) is 245 Å². The van der Waals surface area contributed by atoms with Crippen LogP contribution in [-0.2, 0) is 28.6 Å². The maximum atomic E-state index is 12.8. The largest absolute Gasteiger partial charge is 0.462 e. The summed E-state index contributed by atoms with van der Waals surface area (Å²) in [6.07, 6.45) is 61.7. The summed E-state index contributed by atoms with van der Waals surface area (Å²) < 4.78 is 16.7. The monoisotopic (exact) mass is 851 g/mol. The van der Waals surface area contributed by atoms with Gasteiger partial charge in [-0.2, -0.15) is 0 Å². The molecule has 0 saturated heterocycles. The Kier molecular flexibility index (Phi) is 46.9. The van der Waals surface area contributed by atoms with Gasteiger partial charge in [0.25, 0.3) is 0 Å². The molecule has 0 aliphatic carbocycles. The number of hydrogen-bond acceptors (Lipinski definition) is 6. The van der Waals surface area contributed by atoms with E-state index < -0.39 is 6.10 Å². The summed E-state index contributed by atoms with van der Waals surface area (Å²) in [5.74, 6) is -0.976. The molecule has 1 atom stereocenters. The Morgan fingerprint density at radius 3 is 1.03 bits per heavy atom. The zero-order valence-corrected chi connectivity index (χ0v) is 39.9. The fraction of sp³-hybridized carbons (Fsp3) is 0.727. The van der Waals surface area contributed by atoms with Crippen LogP contribution in [0, 0.1) is 0 Å². The highest BCUT2D eigenvalue weighted by molar-refractivity contribution is 5.71. The van der Waals surface area contributed by atoms with E-state index >= 15 is 0 Å². The van der Waals surface area contributed by atoms with Crippen LogP contribution >= 0.6 is 0 Å². The number of carbonyl (C=O) groups is 3. The number of esters is 3. The minimum absolute atomic E-state index is 0.100. The van der Waals surface area contributed by atoms with Crippen molar-refractivity contribution in [1.29, 1.82) is 0 Å². The maximum Gasteiger partial charge on any atom is 0.306 e. The first-order valence-electron chi connectivity index (χ1n) is 25.4. The summed E-state index contributed by atoms with van der Waals surface area (Å²) in [4.78, 5) is 37.9. The van der Waals surface area contributed by atoms with Crippen LogP contribution in [0.5, 0.6) is 0 Å². The lowest BCUT2D eigenvalue weighted by atomic mass is 10.1. The fourth-order valence-electron chi connectivity index (χ4n) is 6.78. The van der Waals surface area contributed by atoms with Crippen LogP contribution < -0.4 is 0 Å². The van der Waals surface area contributed by atoms with Gasteiger partial charge in [-0.25, -0.2) is 0 Å². The Labute approximate surface area is 376 Å². The highest BCUT2D eigenvalue weighted by Crippen LogP contribution is 2.13. The summed E-state index contributed by atoms with van der Waals surface area (Å²) in [6.45, 7) is 6.51. The summed E-state index contributed by atoms with van der Waals surface area (Å²) in [7, 11) is 0. The van der Waals surface area contributed by atoms with Gasteiger partial charge in [0.1, 0.15) is 13.2 Å². The third-order valence-corrected chi connectivity index (χ3v) is 10.7. The zero-order chi connectivity index (χ0) is 44.4. The van der Waals surface area contributed by atoms with Crippen LogP contribution in [0.15, 0.2) is 72.9 Å². The third-order valence-electron chi connectivity index (χ3n) is 10.7. The number of ether oxygens (including phenoxy) is 3. The number of rotatable bonds is 45. The van der Waals surface area contributed by atoms with Crippen molar-refractivity contribution in [2.75, 3.05) is 13.2 Å². The van der Waals surface area contributed by atoms with Gasteiger partial charge in [0, 0.05) is 19.3 Å². The van der Waals surface area contributed by atoms with Crippen LogP contribution in [0.4, 0.5) is 0 Å². The van der Waals surface area contributed by atoms with Crippen molar-refractivity contribution in [1.82, 2.24) is 0 Å². The number of carbonyl (C=O) groups excluding carboxylic acids is 3. The quantitative estimate of drug-likeness (QED) is 0.0263. The second-order valence-corrected chi connectivity index (χ2v) is 16.7. The van der Waals surface area contributed by atoms with E-state index in [0.717, 1.165) is 83.5 Å². The van der Waals surface area contributed by atoms with Crippen LogP contribution in [0.3, 0.4) is 0 Å². The molecule has 6 nitrogen and oxygen atoms in total. The highest BCUT2D eigenvalue weighted by Gasteiger charge is 2.19. The van der Waals surface area contributed by atoms with E-state index in [0.29, 0.717) is 19.3 Å². The van der Waals surface area contributed by atoms with E-state index in [-0.39, 0.29) is 37.5 Å². The lowest BCUT2D eigenvalue weighted by Crippen LogP contribution is -2.30. The second kappa shape index (κ2) is 49.5. The summed E-state index contributed by atoms with van der Waals surface area (Å²) in [6, 6.07) is 0. The van der Waals surface area contributed by atoms with Crippen molar-refractivity contribution in [3.05, 3.63) is 72.9 Å². The molecule has 6 heteroatoms. The average Bonchev–Trinajstić information content (AvgIpc) is 3.26. The number of hydrogen-bond donors (Lipinski definition) is 0. The molecule has 350 valence electrons. The number of allylic oxidation sites excluding steroid dienone is 12. The highest BCUT2D eigenvalue weighted by atomic mass is 16.6. The van der Waals surface area contributed by atoms with Gasteiger partial charge in [0.2, 0.25) is 0 Å². The molecule has 0 fully saturated rings. The van der Waals surface area contributed by atoms with Gasteiger partial charge in [-0.05, 0) is 109 Å². The normalized spacial score (nSPS) is 12.6. The smallest absolute Gasteiger partial charge is 0.306 e. The molecule has 0 bridgehead atoms. The maximum absolute atomic E-state index is 12.8. The predicted octanol–water partition coefficient (Wildman–Crippen LogP) is 16.6. The van der Waals surface area contributed by atoms with Gasteiger partial charge >= 0.3 is 17.9 Å². The van der Waals surface area contributed by atoms with Gasteiger partial charge in [-0.15, -0.1) is 0 Å². The fourth-order valence-corrected chi connectivity index (χ4v) is 6.78. The Bertz CT molecular complexity index is 1160. The molecule has 0 N–H and O–H groups in total. The van der Waals surface area contributed by atoms with E-state index in [1.807, 2.05) is 0 Å². The number of unbranched alkanes of at least 4 members (excludes halogenated alkanes) is 22. The van der Waals surface area contributed by atoms with Crippen molar-refractivity contribution in [3.63, 3.8) is 0 Å². The topological polar surface area (TPSA) is 78.9 Å². The molecule has 0 amide bonds. The minimum Gasteiger partial charge on any atom is -0.462 e. The van der Waals surface area contributed by atoms with E-state index in [2.05, 4.69) is 93.7 Å². The Morgan fingerprint density at radius 2 is 0.607 bits per heavy atom. The SMILES string of the molecule is CCCCC/C=C\C/C=C\C/C=C\C/C=C\CCCC(=O)OC[C@@H](COC(=O)CCCCCCC/C=C\CCCCCC)OC(=O)CCCCCCC/C=C\CCCCCC. The van der Waals surface area contributed by atoms with Crippen molar-refractivity contribution in [3.8, 4) is 0 Å². The van der Waals surface area contributed by atoms with Crippen LogP contribution in [0.25, 0.3) is 0 Å². The van der Waals surface area contributed by atoms with Gasteiger partial charge in [-0.1, -0.05) is 184 Å². The molecule has 0 aromatic rings. The molecule has 0 rings (SSSR count). The van der Waals surface area contributed by atoms with Crippen molar-refractivity contribution < 1.29 is 28.6 Å². The molecule has 0 unspecified atom stereocenters. The molecule has 0 saturated carbocycles. The van der Waals surface area contributed by atoms with Crippen molar-refractivity contribution in [2.24, 2.45) is 0 Å². The average molecular weight is 851 g/mol. The first-order valence-corrected chi connectivity index (χ1v) is 25.4. The van der Waals surface area contributed by atoms with E-state index in [9.17, 15) is 14.4 Å². The lowest BCUT2D eigenvalue weighted by molar-refractivity contribution is -0.167.